The number of carboxylic acids is 1. The largest absolute Gasteiger partial charge is 0.482 e. The van der Waals surface area contributed by atoms with Crippen molar-refractivity contribution in [2.24, 2.45) is 5.92 Å². The number of hydrogen-bond donors (Lipinski definition) is 2. The molecule has 3 aromatic carbocycles. The van der Waals surface area contributed by atoms with E-state index in [0.717, 1.165) is 42.8 Å². The zero-order valence-corrected chi connectivity index (χ0v) is 19.0. The fourth-order valence-electron chi connectivity index (χ4n) is 5.03. The van der Waals surface area contributed by atoms with Crippen LogP contribution in [0.2, 0.25) is 0 Å². The third-order valence-corrected chi connectivity index (χ3v) is 6.59. The normalized spacial score (nSPS) is 15.1. The summed E-state index contributed by atoms with van der Waals surface area (Å²) >= 11 is 0. The van der Waals surface area contributed by atoms with Crippen LogP contribution in [-0.4, -0.2) is 27.7 Å². The first-order valence-electron chi connectivity index (χ1n) is 11.8. The van der Waals surface area contributed by atoms with Gasteiger partial charge in [0.1, 0.15) is 11.6 Å². The second-order valence-corrected chi connectivity index (χ2v) is 8.94. The Morgan fingerprint density at radius 3 is 2.38 bits per heavy atom. The van der Waals surface area contributed by atoms with Crippen molar-refractivity contribution in [3.8, 4) is 5.75 Å². The van der Waals surface area contributed by atoms with E-state index in [1.807, 2.05) is 30.5 Å². The number of aliphatic carboxylic acids is 1. The van der Waals surface area contributed by atoms with Crippen LogP contribution in [0.1, 0.15) is 46.1 Å². The van der Waals surface area contributed by atoms with E-state index in [1.165, 1.54) is 16.7 Å². The number of carboxylic acid groups (broad SMARTS) is 1. The maximum atomic E-state index is 10.9. The quantitative estimate of drug-likeness (QED) is 0.375. The number of aromatic amines is 1. The fourth-order valence-corrected chi connectivity index (χ4v) is 5.03. The highest BCUT2D eigenvalue weighted by molar-refractivity contribution is 5.68. The summed E-state index contributed by atoms with van der Waals surface area (Å²) in [5, 5.41) is 8.94. The summed E-state index contributed by atoms with van der Waals surface area (Å²) < 4.78 is 5.52. The van der Waals surface area contributed by atoms with Gasteiger partial charge in [0.2, 0.25) is 0 Å². The van der Waals surface area contributed by atoms with Crippen LogP contribution in [0.4, 0.5) is 0 Å². The SMILES string of the molecule is O=C(O)COc1cccc2c1CCC(Cc1cnc(C(c3ccccc3)c3ccccc3)[nH]1)C2. The van der Waals surface area contributed by atoms with E-state index in [-0.39, 0.29) is 12.5 Å². The number of hydrogen-bond acceptors (Lipinski definition) is 3. The van der Waals surface area contributed by atoms with E-state index in [2.05, 4.69) is 59.6 Å². The number of nitrogens with zero attached hydrogens (tertiary/aromatic N) is 1. The van der Waals surface area contributed by atoms with Crippen LogP contribution in [0, 0.1) is 5.92 Å². The third kappa shape index (κ3) is 4.88. The molecule has 0 bridgehead atoms. The molecular formula is C29H28N2O3. The summed E-state index contributed by atoms with van der Waals surface area (Å²) in [4.78, 5) is 19.3. The van der Waals surface area contributed by atoms with Gasteiger partial charge in [0.05, 0.1) is 5.92 Å². The Hall–Kier alpha value is -3.86. The van der Waals surface area contributed by atoms with Crippen LogP contribution >= 0.6 is 0 Å². The topological polar surface area (TPSA) is 75.2 Å². The molecule has 1 atom stereocenters. The van der Waals surface area contributed by atoms with E-state index in [1.54, 1.807) is 0 Å². The number of nitrogens with one attached hydrogen (secondary N) is 1. The van der Waals surface area contributed by atoms with Gasteiger partial charge in [-0.25, -0.2) is 9.78 Å². The molecule has 1 aliphatic rings. The first-order chi connectivity index (χ1) is 16.7. The van der Waals surface area contributed by atoms with Gasteiger partial charge in [-0.15, -0.1) is 0 Å². The van der Waals surface area contributed by atoms with Gasteiger partial charge in [-0.1, -0.05) is 72.8 Å². The summed E-state index contributed by atoms with van der Waals surface area (Å²) in [6.07, 6.45) is 5.80. The minimum absolute atomic E-state index is 0.0668. The highest BCUT2D eigenvalue weighted by Gasteiger charge is 2.24. The van der Waals surface area contributed by atoms with Gasteiger partial charge in [-0.2, -0.15) is 0 Å². The maximum absolute atomic E-state index is 10.9. The first kappa shape index (κ1) is 22.0. The molecule has 0 fully saturated rings. The Bertz CT molecular complexity index is 1210. The number of rotatable bonds is 8. The van der Waals surface area contributed by atoms with Crippen molar-refractivity contribution < 1.29 is 14.6 Å². The smallest absolute Gasteiger partial charge is 0.341 e. The lowest BCUT2D eigenvalue weighted by atomic mass is 9.81. The van der Waals surface area contributed by atoms with Crippen LogP contribution in [-0.2, 0) is 24.1 Å². The molecule has 0 amide bonds. The Morgan fingerprint density at radius 2 is 1.71 bits per heavy atom. The number of aromatic nitrogens is 2. The molecule has 0 radical (unpaired) electrons. The lowest BCUT2D eigenvalue weighted by Gasteiger charge is -2.26. The molecule has 1 aromatic heterocycles. The molecule has 4 aromatic rings. The highest BCUT2D eigenvalue weighted by atomic mass is 16.5. The molecule has 0 aliphatic heterocycles. The lowest BCUT2D eigenvalue weighted by molar-refractivity contribution is -0.139. The molecule has 5 heteroatoms. The molecule has 34 heavy (non-hydrogen) atoms. The number of benzene rings is 3. The molecule has 5 rings (SSSR count). The highest BCUT2D eigenvalue weighted by Crippen LogP contribution is 2.34. The average Bonchev–Trinajstić information content (AvgIpc) is 3.31. The van der Waals surface area contributed by atoms with Gasteiger partial charge in [0.25, 0.3) is 0 Å². The van der Waals surface area contributed by atoms with E-state index < -0.39 is 5.97 Å². The summed E-state index contributed by atoms with van der Waals surface area (Å²) in [5.74, 6) is 1.29. The van der Waals surface area contributed by atoms with Crippen LogP contribution in [0.5, 0.6) is 5.75 Å². The zero-order chi connectivity index (χ0) is 23.3. The maximum Gasteiger partial charge on any atom is 0.341 e. The molecule has 172 valence electrons. The second-order valence-electron chi connectivity index (χ2n) is 8.94. The third-order valence-electron chi connectivity index (χ3n) is 6.59. The first-order valence-corrected chi connectivity index (χ1v) is 11.8. The number of imidazole rings is 1. The van der Waals surface area contributed by atoms with Gasteiger partial charge in [0.15, 0.2) is 6.61 Å². The predicted octanol–water partition coefficient (Wildman–Crippen LogP) is 5.40. The van der Waals surface area contributed by atoms with Gasteiger partial charge in [-0.3, -0.25) is 0 Å². The fraction of sp³-hybridized carbons (Fsp3) is 0.241. The van der Waals surface area contributed by atoms with Crippen LogP contribution in [0.15, 0.2) is 85.1 Å². The molecule has 0 spiro atoms. The van der Waals surface area contributed by atoms with Crippen LogP contribution in [0.25, 0.3) is 0 Å². The molecule has 1 heterocycles. The Labute approximate surface area is 199 Å². The molecular weight excluding hydrogens is 424 g/mol. The van der Waals surface area contributed by atoms with E-state index in [4.69, 9.17) is 14.8 Å². The molecule has 0 saturated heterocycles. The van der Waals surface area contributed by atoms with E-state index in [9.17, 15) is 4.79 Å². The van der Waals surface area contributed by atoms with Crippen molar-refractivity contribution in [3.05, 3.63) is 119 Å². The van der Waals surface area contributed by atoms with Crippen molar-refractivity contribution in [3.63, 3.8) is 0 Å². The van der Waals surface area contributed by atoms with Gasteiger partial charge in [0, 0.05) is 11.9 Å². The molecule has 0 saturated carbocycles. The predicted molar refractivity (Wildman–Crippen MR) is 131 cm³/mol. The Morgan fingerprint density at radius 1 is 1.00 bits per heavy atom. The summed E-state index contributed by atoms with van der Waals surface area (Å²) in [5.41, 5.74) is 5.99. The number of carbonyl (C=O) groups is 1. The summed E-state index contributed by atoms with van der Waals surface area (Å²) in [6.45, 7) is -0.305. The van der Waals surface area contributed by atoms with Crippen molar-refractivity contribution >= 4 is 5.97 Å². The number of H-pyrrole nitrogens is 1. The van der Waals surface area contributed by atoms with Gasteiger partial charge < -0.3 is 14.8 Å². The Kier molecular flexibility index (Phi) is 6.43. The average molecular weight is 453 g/mol. The van der Waals surface area contributed by atoms with E-state index >= 15 is 0 Å². The standard InChI is InChI=1S/C29H28N2O3/c32-27(33)19-34-26-13-7-12-23-16-20(14-15-25(23)26)17-24-18-30-29(31-24)28(21-8-3-1-4-9-21)22-10-5-2-6-11-22/h1-13,18,20,28H,14-17,19H2,(H,30,31)(H,32,33). The van der Waals surface area contributed by atoms with Gasteiger partial charge in [-0.05, 0) is 59.9 Å². The number of fused-ring (bicyclic) bond motifs is 1. The van der Waals surface area contributed by atoms with Crippen molar-refractivity contribution in [1.29, 1.82) is 0 Å². The van der Waals surface area contributed by atoms with Gasteiger partial charge >= 0.3 is 5.97 Å². The van der Waals surface area contributed by atoms with E-state index in [0.29, 0.717) is 11.7 Å². The molecule has 2 N–H and O–H groups in total. The summed E-state index contributed by atoms with van der Waals surface area (Å²) in [6, 6.07) is 26.9. The van der Waals surface area contributed by atoms with Crippen molar-refractivity contribution in [1.82, 2.24) is 9.97 Å². The monoisotopic (exact) mass is 452 g/mol. The lowest BCUT2D eigenvalue weighted by Crippen LogP contribution is -2.18. The Balaban J connectivity index is 1.33. The molecule has 5 nitrogen and oxygen atoms in total. The van der Waals surface area contributed by atoms with Crippen molar-refractivity contribution in [2.75, 3.05) is 6.61 Å². The minimum atomic E-state index is -0.953. The summed E-state index contributed by atoms with van der Waals surface area (Å²) in [7, 11) is 0. The van der Waals surface area contributed by atoms with Crippen LogP contribution < -0.4 is 4.74 Å². The second kappa shape index (κ2) is 9.96. The zero-order valence-electron chi connectivity index (χ0n) is 19.0. The number of ether oxygens (including phenoxy) is 1. The van der Waals surface area contributed by atoms with Crippen molar-refractivity contribution in [2.45, 2.75) is 31.6 Å². The minimum Gasteiger partial charge on any atom is -0.482 e. The molecule has 1 unspecified atom stereocenters. The molecule has 1 aliphatic carbocycles. The van der Waals surface area contributed by atoms with Crippen LogP contribution in [0.3, 0.4) is 0 Å².